The molecule has 6 heteroatoms. The Labute approximate surface area is 130 Å². The van der Waals surface area contributed by atoms with Gasteiger partial charge in [-0.1, -0.05) is 12.1 Å². The highest BCUT2D eigenvalue weighted by atomic mass is 79.9. The van der Waals surface area contributed by atoms with Crippen LogP contribution in [0.4, 0.5) is 10.5 Å². The highest BCUT2D eigenvalue weighted by Gasteiger charge is 2.06. The molecule has 1 heterocycles. The molecule has 1 aromatic carbocycles. The first-order valence-electron chi connectivity index (χ1n) is 6.17. The van der Waals surface area contributed by atoms with E-state index < -0.39 is 6.03 Å². The van der Waals surface area contributed by atoms with Gasteiger partial charge in [0.25, 0.3) is 0 Å². The van der Waals surface area contributed by atoms with Gasteiger partial charge in [-0.15, -0.1) is 11.3 Å². The molecule has 0 aliphatic rings. The average molecular weight is 354 g/mol. The second kappa shape index (κ2) is 6.88. The third-order valence-corrected chi connectivity index (χ3v) is 4.58. The van der Waals surface area contributed by atoms with Gasteiger partial charge in [-0.25, -0.2) is 4.79 Å². The topological polar surface area (TPSA) is 67.2 Å². The fourth-order valence-corrected chi connectivity index (χ4v) is 3.22. The molecule has 2 aromatic rings. The summed E-state index contributed by atoms with van der Waals surface area (Å²) in [7, 11) is 0. The van der Waals surface area contributed by atoms with E-state index in [1.54, 1.807) is 11.3 Å². The van der Waals surface area contributed by atoms with E-state index in [9.17, 15) is 4.79 Å². The Morgan fingerprint density at radius 2 is 2.10 bits per heavy atom. The van der Waals surface area contributed by atoms with Gasteiger partial charge in [0.1, 0.15) is 0 Å². The van der Waals surface area contributed by atoms with Crippen LogP contribution in [0.2, 0.25) is 0 Å². The Hall–Kier alpha value is -1.37. The summed E-state index contributed by atoms with van der Waals surface area (Å²) in [5, 5.41) is 8.09. The summed E-state index contributed by atoms with van der Waals surface area (Å²) in [6, 6.07) is 9.45. The van der Waals surface area contributed by atoms with Crippen LogP contribution in [0.5, 0.6) is 0 Å². The molecule has 0 fully saturated rings. The summed E-state index contributed by atoms with van der Waals surface area (Å²) in [5.41, 5.74) is 6.94. The Morgan fingerprint density at radius 1 is 1.40 bits per heavy atom. The number of nitrogens with two attached hydrogens (primary N) is 1. The molecule has 2 amide bonds. The third-order valence-electron chi connectivity index (χ3n) is 2.88. The summed E-state index contributed by atoms with van der Waals surface area (Å²) < 4.78 is 1.12. The van der Waals surface area contributed by atoms with Crippen molar-refractivity contribution < 1.29 is 4.79 Å². The van der Waals surface area contributed by atoms with Crippen molar-refractivity contribution in [2.75, 3.05) is 5.32 Å². The number of rotatable bonds is 5. The van der Waals surface area contributed by atoms with Crippen LogP contribution < -0.4 is 16.4 Å². The fraction of sp³-hybridized carbons (Fsp3) is 0.214. The van der Waals surface area contributed by atoms with Crippen LogP contribution in [0.25, 0.3) is 0 Å². The molecule has 0 saturated heterocycles. The lowest BCUT2D eigenvalue weighted by atomic mass is 10.1. The van der Waals surface area contributed by atoms with Gasteiger partial charge < -0.3 is 16.4 Å². The van der Waals surface area contributed by atoms with Crippen molar-refractivity contribution in [1.82, 2.24) is 5.32 Å². The molecule has 4 nitrogen and oxygen atoms in total. The number of anilines is 1. The van der Waals surface area contributed by atoms with Gasteiger partial charge in [-0.2, -0.15) is 0 Å². The number of carbonyl (C=O) groups excluding carboxylic acids is 1. The number of benzene rings is 1. The monoisotopic (exact) mass is 353 g/mol. The van der Waals surface area contributed by atoms with Crippen molar-refractivity contribution in [3.63, 3.8) is 0 Å². The molecule has 1 aromatic heterocycles. The number of hydrogen-bond acceptors (Lipinski definition) is 3. The zero-order valence-electron chi connectivity index (χ0n) is 11.0. The Morgan fingerprint density at radius 3 is 2.65 bits per heavy atom. The maximum atomic E-state index is 10.7. The normalized spacial score (nSPS) is 12.1. The lowest BCUT2D eigenvalue weighted by Crippen LogP contribution is -2.19. The SMILES string of the molecule is CC(NCc1cc(Br)cs1)c1ccc(NC(N)=O)cc1. The van der Waals surface area contributed by atoms with Gasteiger partial charge in [0.2, 0.25) is 0 Å². The number of hydrogen-bond donors (Lipinski definition) is 3. The van der Waals surface area contributed by atoms with Crippen molar-refractivity contribution in [2.24, 2.45) is 5.73 Å². The Balaban J connectivity index is 1.91. The van der Waals surface area contributed by atoms with Crippen molar-refractivity contribution >= 4 is 39.0 Å². The molecule has 20 heavy (non-hydrogen) atoms. The first-order valence-corrected chi connectivity index (χ1v) is 7.84. The van der Waals surface area contributed by atoms with Crippen molar-refractivity contribution in [2.45, 2.75) is 19.5 Å². The Kier molecular flexibility index (Phi) is 5.17. The van der Waals surface area contributed by atoms with Crippen LogP contribution in [0, 0.1) is 0 Å². The number of urea groups is 1. The molecule has 2 rings (SSSR count). The van der Waals surface area contributed by atoms with E-state index in [0.717, 1.165) is 16.6 Å². The highest BCUT2D eigenvalue weighted by Crippen LogP contribution is 2.21. The van der Waals surface area contributed by atoms with Gasteiger partial charge in [0, 0.05) is 33.0 Å². The molecule has 0 spiro atoms. The first-order chi connectivity index (χ1) is 9.54. The molecule has 0 saturated carbocycles. The van der Waals surface area contributed by atoms with Gasteiger partial charge >= 0.3 is 6.03 Å². The zero-order chi connectivity index (χ0) is 14.5. The lowest BCUT2D eigenvalue weighted by Gasteiger charge is -2.14. The van der Waals surface area contributed by atoms with Crippen LogP contribution in [-0.2, 0) is 6.54 Å². The van der Waals surface area contributed by atoms with Gasteiger partial charge in [0.15, 0.2) is 0 Å². The molecule has 4 N–H and O–H groups in total. The van der Waals surface area contributed by atoms with Gasteiger partial charge in [-0.05, 0) is 46.6 Å². The molecular weight excluding hydrogens is 338 g/mol. The molecule has 1 atom stereocenters. The second-order valence-electron chi connectivity index (χ2n) is 4.45. The van der Waals surface area contributed by atoms with Gasteiger partial charge in [-0.3, -0.25) is 0 Å². The summed E-state index contributed by atoms with van der Waals surface area (Å²) >= 11 is 5.17. The van der Waals surface area contributed by atoms with Crippen LogP contribution in [-0.4, -0.2) is 6.03 Å². The van der Waals surface area contributed by atoms with Crippen LogP contribution >= 0.6 is 27.3 Å². The van der Waals surface area contributed by atoms with Crippen molar-refractivity contribution in [3.05, 3.63) is 50.6 Å². The number of thiophene rings is 1. The summed E-state index contributed by atoms with van der Waals surface area (Å²) in [5.74, 6) is 0. The maximum Gasteiger partial charge on any atom is 0.316 e. The predicted molar refractivity (Wildman–Crippen MR) is 86.9 cm³/mol. The average Bonchev–Trinajstić information content (AvgIpc) is 2.82. The number of halogens is 1. The zero-order valence-corrected chi connectivity index (χ0v) is 13.4. The summed E-state index contributed by atoms with van der Waals surface area (Å²) in [6.07, 6.45) is 0. The standard InChI is InChI=1S/C14H16BrN3OS/c1-9(17-7-13-6-11(15)8-20-13)10-2-4-12(5-3-10)18-14(16)19/h2-6,8-9,17H,7H2,1H3,(H3,16,18,19). The van der Waals surface area contributed by atoms with E-state index in [0.29, 0.717) is 5.69 Å². The highest BCUT2D eigenvalue weighted by molar-refractivity contribution is 9.10. The van der Waals surface area contributed by atoms with E-state index in [-0.39, 0.29) is 6.04 Å². The first kappa shape index (κ1) is 15.0. The molecule has 0 radical (unpaired) electrons. The van der Waals surface area contributed by atoms with Crippen molar-refractivity contribution in [1.29, 1.82) is 0 Å². The van der Waals surface area contributed by atoms with Gasteiger partial charge in [0.05, 0.1) is 0 Å². The van der Waals surface area contributed by atoms with E-state index in [4.69, 9.17) is 5.73 Å². The molecule has 1 unspecified atom stereocenters. The van der Waals surface area contributed by atoms with E-state index in [1.165, 1.54) is 4.88 Å². The maximum absolute atomic E-state index is 10.7. The van der Waals surface area contributed by atoms with E-state index in [1.807, 2.05) is 24.3 Å². The van der Waals surface area contributed by atoms with Crippen LogP contribution in [0.1, 0.15) is 23.4 Å². The van der Waals surface area contributed by atoms with Crippen molar-refractivity contribution in [3.8, 4) is 0 Å². The minimum absolute atomic E-state index is 0.235. The molecule has 0 aliphatic carbocycles. The quantitative estimate of drug-likeness (QED) is 0.763. The largest absolute Gasteiger partial charge is 0.351 e. The number of carbonyl (C=O) groups is 1. The second-order valence-corrected chi connectivity index (χ2v) is 6.36. The molecule has 0 aliphatic heterocycles. The molecular formula is C14H16BrN3OS. The lowest BCUT2D eigenvalue weighted by molar-refractivity contribution is 0.259. The molecule has 0 bridgehead atoms. The molecule has 106 valence electrons. The number of amides is 2. The number of nitrogens with one attached hydrogen (secondary N) is 2. The smallest absolute Gasteiger partial charge is 0.316 e. The van der Waals surface area contributed by atoms with E-state index >= 15 is 0 Å². The van der Waals surface area contributed by atoms with E-state index in [2.05, 4.69) is 44.9 Å². The predicted octanol–water partition coefficient (Wildman–Crippen LogP) is 3.85. The van der Waals surface area contributed by atoms with Crippen LogP contribution in [0.3, 0.4) is 0 Å². The summed E-state index contributed by atoms with van der Waals surface area (Å²) in [6.45, 7) is 2.94. The minimum atomic E-state index is -0.549. The number of primary amides is 1. The summed E-state index contributed by atoms with van der Waals surface area (Å²) in [4.78, 5) is 12.0. The Bertz CT molecular complexity index is 582. The fourth-order valence-electron chi connectivity index (χ4n) is 1.82. The minimum Gasteiger partial charge on any atom is -0.351 e. The van der Waals surface area contributed by atoms with Crippen LogP contribution in [0.15, 0.2) is 40.2 Å². The third kappa shape index (κ3) is 4.33.